The molecule has 102 valence electrons. The van der Waals surface area contributed by atoms with Crippen molar-refractivity contribution in [1.82, 2.24) is 0 Å². The molecule has 1 aromatic carbocycles. The van der Waals surface area contributed by atoms with E-state index in [2.05, 4.69) is 13.8 Å². The van der Waals surface area contributed by atoms with Crippen LogP contribution in [0.1, 0.15) is 32.4 Å². The van der Waals surface area contributed by atoms with Crippen LogP contribution < -0.4 is 10.5 Å². The minimum Gasteiger partial charge on any atom is -0.491 e. The van der Waals surface area contributed by atoms with Gasteiger partial charge in [-0.25, -0.2) is 0 Å². The van der Waals surface area contributed by atoms with Gasteiger partial charge in [-0.15, -0.1) is 0 Å². The van der Waals surface area contributed by atoms with Crippen molar-refractivity contribution in [2.75, 3.05) is 19.8 Å². The predicted molar refractivity (Wildman–Crippen MR) is 75.2 cm³/mol. The molecule has 3 nitrogen and oxygen atoms in total. The van der Waals surface area contributed by atoms with Crippen LogP contribution in [0.15, 0.2) is 18.2 Å². The molecule has 2 N–H and O–H groups in total. The van der Waals surface area contributed by atoms with Gasteiger partial charge in [-0.3, -0.25) is 0 Å². The number of ether oxygens (including phenoxy) is 2. The zero-order valence-electron chi connectivity index (χ0n) is 11.3. The first-order valence-electron chi connectivity index (χ1n) is 6.26. The fourth-order valence-electron chi connectivity index (χ4n) is 1.54. The summed E-state index contributed by atoms with van der Waals surface area (Å²) in [6.45, 7) is 8.01. The summed E-state index contributed by atoms with van der Waals surface area (Å²) in [6.07, 6.45) is 0. The molecule has 1 unspecified atom stereocenters. The molecule has 0 saturated carbocycles. The molecule has 18 heavy (non-hydrogen) atoms. The molecule has 1 rings (SSSR count). The first-order valence-corrected chi connectivity index (χ1v) is 6.64. The van der Waals surface area contributed by atoms with Crippen molar-refractivity contribution in [2.24, 2.45) is 11.7 Å². The van der Waals surface area contributed by atoms with Crippen LogP contribution in [0.5, 0.6) is 5.75 Å². The fraction of sp³-hybridized carbons (Fsp3) is 0.571. The summed E-state index contributed by atoms with van der Waals surface area (Å²) in [5.41, 5.74) is 6.81. The smallest absolute Gasteiger partial charge is 0.124 e. The maximum absolute atomic E-state index is 5.94. The van der Waals surface area contributed by atoms with E-state index in [0.717, 1.165) is 17.9 Å². The SMILES string of the molecule is CC(C)COCCOc1ccc(Cl)cc1C(C)N. The second-order valence-corrected chi connectivity index (χ2v) is 5.22. The van der Waals surface area contributed by atoms with E-state index < -0.39 is 0 Å². The van der Waals surface area contributed by atoms with Gasteiger partial charge in [0.2, 0.25) is 0 Å². The van der Waals surface area contributed by atoms with Gasteiger partial charge >= 0.3 is 0 Å². The molecule has 0 amide bonds. The predicted octanol–water partition coefficient (Wildman–Crippen LogP) is 3.41. The highest BCUT2D eigenvalue weighted by molar-refractivity contribution is 6.30. The first kappa shape index (κ1) is 15.3. The summed E-state index contributed by atoms with van der Waals surface area (Å²) in [4.78, 5) is 0. The summed E-state index contributed by atoms with van der Waals surface area (Å²) < 4.78 is 11.1. The van der Waals surface area contributed by atoms with Crippen molar-refractivity contribution >= 4 is 11.6 Å². The maximum atomic E-state index is 5.94. The van der Waals surface area contributed by atoms with Gasteiger partial charge in [0.25, 0.3) is 0 Å². The minimum absolute atomic E-state index is 0.102. The molecule has 0 fully saturated rings. The lowest BCUT2D eigenvalue weighted by Crippen LogP contribution is -2.13. The Labute approximate surface area is 114 Å². The Balaban J connectivity index is 2.46. The molecule has 0 radical (unpaired) electrons. The summed E-state index contributed by atoms with van der Waals surface area (Å²) in [5, 5.41) is 0.672. The van der Waals surface area contributed by atoms with Crippen LogP contribution in [0.4, 0.5) is 0 Å². The Hall–Kier alpha value is -0.770. The molecule has 0 aromatic heterocycles. The first-order chi connectivity index (χ1) is 8.50. The third kappa shape index (κ3) is 5.25. The van der Waals surface area contributed by atoms with E-state index >= 15 is 0 Å². The van der Waals surface area contributed by atoms with Crippen molar-refractivity contribution < 1.29 is 9.47 Å². The lowest BCUT2D eigenvalue weighted by molar-refractivity contribution is 0.0815. The van der Waals surface area contributed by atoms with Gasteiger partial charge in [-0.1, -0.05) is 25.4 Å². The Bertz CT molecular complexity index is 367. The van der Waals surface area contributed by atoms with E-state index in [-0.39, 0.29) is 6.04 Å². The molecule has 0 aliphatic rings. The average Bonchev–Trinajstić information content (AvgIpc) is 2.29. The quantitative estimate of drug-likeness (QED) is 0.773. The highest BCUT2D eigenvalue weighted by Gasteiger charge is 2.08. The summed E-state index contributed by atoms with van der Waals surface area (Å²) >= 11 is 5.94. The lowest BCUT2D eigenvalue weighted by Gasteiger charge is -2.14. The van der Waals surface area contributed by atoms with Crippen LogP contribution in [-0.4, -0.2) is 19.8 Å². The van der Waals surface area contributed by atoms with Crippen LogP contribution in [0.3, 0.4) is 0 Å². The van der Waals surface area contributed by atoms with Crippen LogP contribution in [0.2, 0.25) is 5.02 Å². The van der Waals surface area contributed by atoms with Crippen molar-refractivity contribution in [3.05, 3.63) is 28.8 Å². The Kier molecular flexibility index (Phi) is 6.47. The monoisotopic (exact) mass is 271 g/mol. The molecule has 0 aliphatic heterocycles. The zero-order valence-corrected chi connectivity index (χ0v) is 12.0. The molecule has 1 atom stereocenters. The molecular weight excluding hydrogens is 250 g/mol. The van der Waals surface area contributed by atoms with Gasteiger partial charge in [0.1, 0.15) is 12.4 Å². The van der Waals surface area contributed by atoms with E-state index in [1.54, 1.807) is 6.07 Å². The van der Waals surface area contributed by atoms with E-state index in [4.69, 9.17) is 26.8 Å². The minimum atomic E-state index is -0.102. The average molecular weight is 272 g/mol. The van der Waals surface area contributed by atoms with Crippen molar-refractivity contribution in [3.8, 4) is 5.75 Å². The highest BCUT2D eigenvalue weighted by atomic mass is 35.5. The van der Waals surface area contributed by atoms with Crippen molar-refractivity contribution in [3.63, 3.8) is 0 Å². The number of hydrogen-bond acceptors (Lipinski definition) is 3. The molecule has 0 aliphatic carbocycles. The number of benzene rings is 1. The van der Waals surface area contributed by atoms with E-state index in [1.165, 1.54) is 0 Å². The summed E-state index contributed by atoms with van der Waals surface area (Å²) in [7, 11) is 0. The Morgan fingerprint density at radius 2 is 1.94 bits per heavy atom. The zero-order chi connectivity index (χ0) is 13.5. The molecule has 0 saturated heterocycles. The van der Waals surface area contributed by atoms with Gasteiger partial charge in [0.05, 0.1) is 6.61 Å². The number of hydrogen-bond donors (Lipinski definition) is 1. The Morgan fingerprint density at radius 3 is 2.56 bits per heavy atom. The molecule has 0 spiro atoms. The van der Waals surface area contributed by atoms with E-state index in [9.17, 15) is 0 Å². The van der Waals surface area contributed by atoms with E-state index in [0.29, 0.717) is 24.2 Å². The molecule has 4 heteroatoms. The third-order valence-electron chi connectivity index (χ3n) is 2.40. The standard InChI is InChI=1S/C14H22ClNO2/c1-10(2)9-17-6-7-18-14-5-4-12(15)8-13(14)11(3)16/h4-5,8,10-11H,6-7,9,16H2,1-3H3. The molecule has 0 heterocycles. The van der Waals surface area contributed by atoms with Gasteiger partial charge in [0, 0.05) is 23.2 Å². The van der Waals surface area contributed by atoms with Gasteiger partial charge < -0.3 is 15.2 Å². The maximum Gasteiger partial charge on any atom is 0.124 e. The van der Waals surface area contributed by atoms with Crippen LogP contribution in [0.25, 0.3) is 0 Å². The number of rotatable bonds is 7. The third-order valence-corrected chi connectivity index (χ3v) is 2.63. The van der Waals surface area contributed by atoms with Crippen LogP contribution >= 0.6 is 11.6 Å². The van der Waals surface area contributed by atoms with Gasteiger partial charge in [-0.05, 0) is 31.0 Å². The largest absolute Gasteiger partial charge is 0.491 e. The second-order valence-electron chi connectivity index (χ2n) is 4.79. The normalized spacial score (nSPS) is 12.8. The Morgan fingerprint density at radius 1 is 1.22 bits per heavy atom. The molecule has 0 bridgehead atoms. The van der Waals surface area contributed by atoms with E-state index in [1.807, 2.05) is 19.1 Å². The van der Waals surface area contributed by atoms with Crippen LogP contribution in [-0.2, 0) is 4.74 Å². The highest BCUT2D eigenvalue weighted by Crippen LogP contribution is 2.27. The second kappa shape index (κ2) is 7.62. The number of nitrogens with two attached hydrogens (primary N) is 1. The summed E-state index contributed by atoms with van der Waals surface area (Å²) in [5.74, 6) is 1.32. The molecular formula is C14H22ClNO2. The van der Waals surface area contributed by atoms with Gasteiger partial charge in [0.15, 0.2) is 0 Å². The topological polar surface area (TPSA) is 44.5 Å². The number of halogens is 1. The van der Waals surface area contributed by atoms with Crippen molar-refractivity contribution in [1.29, 1.82) is 0 Å². The summed E-state index contributed by atoms with van der Waals surface area (Å²) in [6, 6.07) is 5.40. The lowest BCUT2D eigenvalue weighted by atomic mass is 10.1. The molecule has 1 aromatic rings. The van der Waals surface area contributed by atoms with Crippen molar-refractivity contribution in [2.45, 2.75) is 26.8 Å². The fourth-order valence-corrected chi connectivity index (χ4v) is 1.72. The van der Waals surface area contributed by atoms with Crippen LogP contribution in [0, 0.1) is 5.92 Å². The van der Waals surface area contributed by atoms with Gasteiger partial charge in [-0.2, -0.15) is 0 Å².